The lowest BCUT2D eigenvalue weighted by atomic mass is 9.88. The van der Waals surface area contributed by atoms with E-state index in [0.717, 1.165) is 37.4 Å². The van der Waals surface area contributed by atoms with E-state index in [4.69, 9.17) is 9.97 Å². The SMILES string of the molecule is CCCNc1nc(C2CCCCC2)nc2c1CCC2. The summed E-state index contributed by atoms with van der Waals surface area (Å²) in [4.78, 5) is 9.78. The average molecular weight is 259 g/mol. The van der Waals surface area contributed by atoms with Gasteiger partial charge in [-0.3, -0.25) is 0 Å². The van der Waals surface area contributed by atoms with Gasteiger partial charge in [0.2, 0.25) is 0 Å². The molecule has 104 valence electrons. The molecule has 1 N–H and O–H groups in total. The van der Waals surface area contributed by atoms with Crippen molar-refractivity contribution in [1.29, 1.82) is 0 Å². The molecule has 0 atom stereocenters. The van der Waals surface area contributed by atoms with Crippen LogP contribution < -0.4 is 5.32 Å². The number of anilines is 1. The molecule has 3 nitrogen and oxygen atoms in total. The predicted octanol–water partition coefficient (Wildman–Crippen LogP) is 3.83. The third-order valence-electron chi connectivity index (χ3n) is 4.46. The summed E-state index contributed by atoms with van der Waals surface area (Å²) in [5, 5.41) is 3.52. The Hall–Kier alpha value is -1.12. The zero-order valence-electron chi connectivity index (χ0n) is 12.0. The van der Waals surface area contributed by atoms with E-state index < -0.39 is 0 Å². The summed E-state index contributed by atoms with van der Waals surface area (Å²) >= 11 is 0. The fourth-order valence-electron chi connectivity index (χ4n) is 3.38. The molecule has 1 fully saturated rings. The third kappa shape index (κ3) is 2.75. The molecule has 0 saturated heterocycles. The van der Waals surface area contributed by atoms with Gasteiger partial charge in [-0.1, -0.05) is 26.2 Å². The van der Waals surface area contributed by atoms with E-state index in [1.54, 1.807) is 0 Å². The first-order valence-corrected chi connectivity index (χ1v) is 8.02. The molecule has 2 aliphatic rings. The molecular formula is C16H25N3. The van der Waals surface area contributed by atoms with Crippen molar-refractivity contribution in [2.45, 2.75) is 70.6 Å². The number of aromatic nitrogens is 2. The van der Waals surface area contributed by atoms with E-state index >= 15 is 0 Å². The number of nitrogens with one attached hydrogen (secondary N) is 1. The molecule has 0 unspecified atom stereocenters. The van der Waals surface area contributed by atoms with Gasteiger partial charge in [0.1, 0.15) is 11.6 Å². The van der Waals surface area contributed by atoms with Crippen LogP contribution in [0, 0.1) is 0 Å². The van der Waals surface area contributed by atoms with E-state index in [-0.39, 0.29) is 0 Å². The van der Waals surface area contributed by atoms with Crippen molar-refractivity contribution in [2.75, 3.05) is 11.9 Å². The number of fused-ring (bicyclic) bond motifs is 1. The van der Waals surface area contributed by atoms with Gasteiger partial charge in [-0.2, -0.15) is 0 Å². The number of aryl methyl sites for hydroxylation is 1. The summed E-state index contributed by atoms with van der Waals surface area (Å²) in [6.45, 7) is 3.23. The van der Waals surface area contributed by atoms with E-state index in [0.29, 0.717) is 5.92 Å². The second-order valence-electron chi connectivity index (χ2n) is 5.97. The molecule has 0 aliphatic heterocycles. The Kier molecular flexibility index (Phi) is 4.00. The van der Waals surface area contributed by atoms with Crippen LogP contribution in [-0.2, 0) is 12.8 Å². The van der Waals surface area contributed by atoms with Crippen molar-refractivity contribution in [3.05, 3.63) is 17.1 Å². The molecule has 0 amide bonds. The highest BCUT2D eigenvalue weighted by Crippen LogP contribution is 2.34. The maximum atomic E-state index is 4.89. The molecule has 0 spiro atoms. The molecule has 3 rings (SSSR count). The van der Waals surface area contributed by atoms with Gasteiger partial charge in [0.25, 0.3) is 0 Å². The number of hydrogen-bond acceptors (Lipinski definition) is 3. The van der Waals surface area contributed by atoms with Crippen LogP contribution in [-0.4, -0.2) is 16.5 Å². The monoisotopic (exact) mass is 259 g/mol. The lowest BCUT2D eigenvalue weighted by Crippen LogP contribution is -2.14. The molecule has 0 aromatic carbocycles. The summed E-state index contributed by atoms with van der Waals surface area (Å²) < 4.78 is 0. The van der Waals surface area contributed by atoms with Gasteiger partial charge in [-0.05, 0) is 38.5 Å². The van der Waals surface area contributed by atoms with Gasteiger partial charge in [-0.15, -0.1) is 0 Å². The molecule has 2 aliphatic carbocycles. The Balaban J connectivity index is 1.87. The van der Waals surface area contributed by atoms with Crippen LogP contribution in [0.2, 0.25) is 0 Å². The summed E-state index contributed by atoms with van der Waals surface area (Å²) in [7, 11) is 0. The second kappa shape index (κ2) is 5.89. The molecule has 1 saturated carbocycles. The molecule has 3 heteroatoms. The highest BCUT2D eigenvalue weighted by molar-refractivity contribution is 5.49. The number of hydrogen-bond donors (Lipinski definition) is 1. The van der Waals surface area contributed by atoms with Gasteiger partial charge in [0.15, 0.2) is 0 Å². The van der Waals surface area contributed by atoms with Crippen LogP contribution in [0.4, 0.5) is 5.82 Å². The van der Waals surface area contributed by atoms with Crippen molar-refractivity contribution in [1.82, 2.24) is 9.97 Å². The van der Waals surface area contributed by atoms with E-state index in [2.05, 4.69) is 12.2 Å². The van der Waals surface area contributed by atoms with E-state index in [9.17, 15) is 0 Å². The quantitative estimate of drug-likeness (QED) is 0.893. The van der Waals surface area contributed by atoms with Crippen LogP contribution in [0.15, 0.2) is 0 Å². The fourth-order valence-corrected chi connectivity index (χ4v) is 3.38. The first kappa shape index (κ1) is 12.9. The van der Waals surface area contributed by atoms with Crippen LogP contribution >= 0.6 is 0 Å². The van der Waals surface area contributed by atoms with Gasteiger partial charge >= 0.3 is 0 Å². The second-order valence-corrected chi connectivity index (χ2v) is 5.97. The van der Waals surface area contributed by atoms with Gasteiger partial charge in [0.05, 0.1) is 0 Å². The minimum atomic E-state index is 0.613. The van der Waals surface area contributed by atoms with Crippen molar-refractivity contribution >= 4 is 5.82 Å². The van der Waals surface area contributed by atoms with E-state index in [1.165, 1.54) is 49.8 Å². The Morgan fingerprint density at radius 2 is 1.89 bits per heavy atom. The molecule has 1 aromatic rings. The van der Waals surface area contributed by atoms with Crippen LogP contribution in [0.25, 0.3) is 0 Å². The van der Waals surface area contributed by atoms with Gasteiger partial charge in [-0.25, -0.2) is 9.97 Å². The van der Waals surface area contributed by atoms with Crippen molar-refractivity contribution in [3.8, 4) is 0 Å². The maximum absolute atomic E-state index is 4.89. The average Bonchev–Trinajstić information content (AvgIpc) is 2.94. The Morgan fingerprint density at radius 1 is 1.05 bits per heavy atom. The lowest BCUT2D eigenvalue weighted by Gasteiger charge is -2.22. The Bertz CT molecular complexity index is 436. The number of rotatable bonds is 4. The zero-order valence-corrected chi connectivity index (χ0v) is 12.0. The maximum Gasteiger partial charge on any atom is 0.134 e. The smallest absolute Gasteiger partial charge is 0.134 e. The highest BCUT2D eigenvalue weighted by atomic mass is 15.0. The normalized spacial score (nSPS) is 19.4. The van der Waals surface area contributed by atoms with Crippen molar-refractivity contribution < 1.29 is 0 Å². The standard InChI is InChI=1S/C16H25N3/c1-2-11-17-16-13-9-6-10-14(13)18-15(19-16)12-7-4-3-5-8-12/h12H,2-11H2,1H3,(H,17,18,19). The fraction of sp³-hybridized carbons (Fsp3) is 0.750. The topological polar surface area (TPSA) is 37.8 Å². The zero-order chi connectivity index (χ0) is 13.1. The molecule has 1 aromatic heterocycles. The lowest BCUT2D eigenvalue weighted by molar-refractivity contribution is 0.428. The van der Waals surface area contributed by atoms with Gasteiger partial charge in [0, 0.05) is 23.7 Å². The first-order valence-electron chi connectivity index (χ1n) is 8.02. The summed E-state index contributed by atoms with van der Waals surface area (Å²) in [6, 6.07) is 0. The Morgan fingerprint density at radius 3 is 2.68 bits per heavy atom. The number of nitrogens with zero attached hydrogens (tertiary/aromatic N) is 2. The first-order chi connectivity index (χ1) is 9.38. The third-order valence-corrected chi connectivity index (χ3v) is 4.46. The molecular weight excluding hydrogens is 234 g/mol. The molecule has 0 radical (unpaired) electrons. The largest absolute Gasteiger partial charge is 0.370 e. The minimum Gasteiger partial charge on any atom is -0.370 e. The summed E-state index contributed by atoms with van der Waals surface area (Å²) in [6.07, 6.45) is 11.4. The van der Waals surface area contributed by atoms with Crippen LogP contribution in [0.5, 0.6) is 0 Å². The molecule has 19 heavy (non-hydrogen) atoms. The summed E-state index contributed by atoms with van der Waals surface area (Å²) in [5.41, 5.74) is 2.72. The minimum absolute atomic E-state index is 0.613. The van der Waals surface area contributed by atoms with Crippen LogP contribution in [0.3, 0.4) is 0 Å². The van der Waals surface area contributed by atoms with Crippen LogP contribution in [0.1, 0.15) is 74.9 Å². The van der Waals surface area contributed by atoms with Crippen molar-refractivity contribution in [3.63, 3.8) is 0 Å². The molecule has 1 heterocycles. The summed E-state index contributed by atoms with van der Waals surface area (Å²) in [5.74, 6) is 2.88. The van der Waals surface area contributed by atoms with E-state index in [1.807, 2.05) is 0 Å². The Labute approximate surface area is 116 Å². The predicted molar refractivity (Wildman–Crippen MR) is 78.7 cm³/mol. The van der Waals surface area contributed by atoms with Crippen molar-refractivity contribution in [2.24, 2.45) is 0 Å². The molecule has 0 bridgehead atoms. The highest BCUT2D eigenvalue weighted by Gasteiger charge is 2.24. The van der Waals surface area contributed by atoms with Gasteiger partial charge < -0.3 is 5.32 Å².